The molecule has 2 unspecified atom stereocenters. The van der Waals surface area contributed by atoms with Crippen molar-refractivity contribution in [1.29, 1.82) is 0 Å². The average Bonchev–Trinajstić information content (AvgIpc) is 2.43. The summed E-state index contributed by atoms with van der Waals surface area (Å²) >= 11 is 0. The van der Waals surface area contributed by atoms with Crippen LogP contribution in [0.4, 0.5) is 18.9 Å². The molecule has 1 rings (SSSR count). The summed E-state index contributed by atoms with van der Waals surface area (Å²) in [7, 11) is 0. The van der Waals surface area contributed by atoms with E-state index in [1.165, 1.54) is 12.1 Å². The Bertz CT molecular complexity index is 518. The quantitative estimate of drug-likeness (QED) is 0.846. The number of anilines is 1. The number of alkyl halides is 3. The third kappa shape index (κ3) is 5.55. The van der Waals surface area contributed by atoms with E-state index in [1.54, 1.807) is 13.0 Å². The summed E-state index contributed by atoms with van der Waals surface area (Å²) in [6.45, 7) is 4.08. The summed E-state index contributed by atoms with van der Waals surface area (Å²) in [6.07, 6.45) is -3.61. The van der Waals surface area contributed by atoms with Crippen molar-refractivity contribution in [1.82, 2.24) is 0 Å². The van der Waals surface area contributed by atoms with Crippen LogP contribution in [-0.4, -0.2) is 24.7 Å². The highest BCUT2D eigenvalue weighted by Crippen LogP contribution is 2.24. The first-order chi connectivity index (χ1) is 10.1. The summed E-state index contributed by atoms with van der Waals surface area (Å²) in [4.78, 5) is 12.0. The number of halogens is 3. The van der Waals surface area contributed by atoms with Crippen molar-refractivity contribution in [2.24, 2.45) is 11.7 Å². The molecule has 22 heavy (non-hydrogen) atoms. The lowest BCUT2D eigenvalue weighted by Gasteiger charge is -2.18. The first-order valence-corrected chi connectivity index (χ1v) is 7.00. The standard InChI is InChI=1S/C15H21F3N2O2/c1-4-9(2)13(19)14(21)20-11-5-6-12(10(3)7-11)22-8-15(16,17)18/h5-7,9,13H,4,8,19H2,1-3H3,(H,20,21). The normalized spacial score (nSPS) is 14.3. The molecule has 0 heterocycles. The van der Waals surface area contributed by atoms with Crippen molar-refractivity contribution in [3.05, 3.63) is 23.8 Å². The lowest BCUT2D eigenvalue weighted by atomic mass is 9.99. The van der Waals surface area contributed by atoms with Gasteiger partial charge in [-0.25, -0.2) is 0 Å². The molecule has 3 N–H and O–H groups in total. The Hall–Kier alpha value is -1.76. The Labute approximate surface area is 127 Å². The second-order valence-corrected chi connectivity index (χ2v) is 5.28. The minimum Gasteiger partial charge on any atom is -0.484 e. The van der Waals surface area contributed by atoms with Gasteiger partial charge in [0.25, 0.3) is 0 Å². The second-order valence-electron chi connectivity index (χ2n) is 5.28. The van der Waals surface area contributed by atoms with Crippen molar-refractivity contribution in [2.45, 2.75) is 39.4 Å². The van der Waals surface area contributed by atoms with Crippen molar-refractivity contribution in [2.75, 3.05) is 11.9 Å². The van der Waals surface area contributed by atoms with Crippen LogP contribution in [0.25, 0.3) is 0 Å². The molecule has 0 bridgehead atoms. The van der Waals surface area contributed by atoms with Gasteiger partial charge in [-0.2, -0.15) is 13.2 Å². The van der Waals surface area contributed by atoms with E-state index in [-0.39, 0.29) is 17.6 Å². The Morgan fingerprint density at radius 2 is 2.05 bits per heavy atom. The van der Waals surface area contributed by atoms with Gasteiger partial charge in [-0.3, -0.25) is 4.79 Å². The highest BCUT2D eigenvalue weighted by molar-refractivity contribution is 5.95. The van der Waals surface area contributed by atoms with Crippen molar-refractivity contribution in [3.63, 3.8) is 0 Å². The molecule has 0 saturated heterocycles. The zero-order valence-electron chi connectivity index (χ0n) is 12.8. The molecule has 0 aliphatic carbocycles. The van der Waals surface area contributed by atoms with Crippen LogP contribution in [0.5, 0.6) is 5.75 Å². The monoisotopic (exact) mass is 318 g/mol. The number of nitrogens with two attached hydrogens (primary N) is 1. The van der Waals surface area contributed by atoms with Gasteiger partial charge in [-0.15, -0.1) is 0 Å². The molecular weight excluding hydrogens is 297 g/mol. The van der Waals surface area contributed by atoms with Crippen LogP contribution in [0.15, 0.2) is 18.2 Å². The molecule has 0 aromatic heterocycles. The first kappa shape index (κ1) is 18.3. The topological polar surface area (TPSA) is 64.4 Å². The number of nitrogens with one attached hydrogen (secondary N) is 1. The number of ether oxygens (including phenoxy) is 1. The van der Waals surface area contributed by atoms with Crippen LogP contribution in [0.2, 0.25) is 0 Å². The lowest BCUT2D eigenvalue weighted by Crippen LogP contribution is -2.40. The van der Waals surface area contributed by atoms with Gasteiger partial charge in [-0.05, 0) is 36.6 Å². The molecule has 1 aromatic rings. The van der Waals surface area contributed by atoms with E-state index in [4.69, 9.17) is 10.5 Å². The molecule has 1 aromatic carbocycles. The molecule has 1 amide bonds. The van der Waals surface area contributed by atoms with Crippen LogP contribution >= 0.6 is 0 Å². The molecule has 2 atom stereocenters. The van der Waals surface area contributed by atoms with Gasteiger partial charge >= 0.3 is 6.18 Å². The van der Waals surface area contributed by atoms with Gasteiger partial charge in [-0.1, -0.05) is 20.3 Å². The number of benzene rings is 1. The summed E-state index contributed by atoms with van der Waals surface area (Å²) in [5.74, 6) is -0.158. The summed E-state index contributed by atoms with van der Waals surface area (Å²) in [5, 5.41) is 2.66. The molecular formula is C15H21F3N2O2. The number of carbonyl (C=O) groups is 1. The number of hydrogen-bond donors (Lipinski definition) is 2. The van der Waals surface area contributed by atoms with Gasteiger partial charge in [0.1, 0.15) is 5.75 Å². The van der Waals surface area contributed by atoms with E-state index in [9.17, 15) is 18.0 Å². The zero-order valence-corrected chi connectivity index (χ0v) is 12.8. The number of carbonyl (C=O) groups excluding carboxylic acids is 1. The van der Waals surface area contributed by atoms with E-state index >= 15 is 0 Å². The van der Waals surface area contributed by atoms with Crippen LogP contribution in [-0.2, 0) is 4.79 Å². The third-order valence-electron chi connectivity index (χ3n) is 3.39. The summed E-state index contributed by atoms with van der Waals surface area (Å²) in [5.41, 5.74) is 6.79. The molecule has 4 nitrogen and oxygen atoms in total. The van der Waals surface area contributed by atoms with Gasteiger partial charge in [0, 0.05) is 5.69 Å². The third-order valence-corrected chi connectivity index (χ3v) is 3.39. The fourth-order valence-electron chi connectivity index (χ4n) is 1.79. The first-order valence-electron chi connectivity index (χ1n) is 7.00. The Kier molecular flexibility index (Phi) is 6.22. The molecule has 0 fully saturated rings. The van der Waals surface area contributed by atoms with Crippen molar-refractivity contribution >= 4 is 11.6 Å². The Morgan fingerprint density at radius 1 is 1.41 bits per heavy atom. The molecule has 0 aliphatic heterocycles. The second kappa shape index (κ2) is 7.49. The van der Waals surface area contributed by atoms with Gasteiger partial charge < -0.3 is 15.8 Å². The van der Waals surface area contributed by atoms with E-state index in [0.29, 0.717) is 11.3 Å². The van der Waals surface area contributed by atoms with Gasteiger partial charge in [0.2, 0.25) is 5.91 Å². The number of hydrogen-bond acceptors (Lipinski definition) is 3. The fraction of sp³-hybridized carbons (Fsp3) is 0.533. The van der Waals surface area contributed by atoms with Crippen molar-refractivity contribution < 1.29 is 22.7 Å². The van der Waals surface area contributed by atoms with E-state index < -0.39 is 18.8 Å². The van der Waals surface area contributed by atoms with Crippen LogP contribution in [0.1, 0.15) is 25.8 Å². The number of amides is 1. The molecule has 0 radical (unpaired) electrons. The maximum absolute atomic E-state index is 12.1. The molecule has 0 spiro atoms. The summed E-state index contributed by atoms with van der Waals surface area (Å²) in [6, 6.07) is 3.80. The molecule has 7 heteroatoms. The van der Waals surface area contributed by atoms with Crippen LogP contribution < -0.4 is 15.8 Å². The maximum atomic E-state index is 12.1. The SMILES string of the molecule is CCC(C)C(N)C(=O)Nc1ccc(OCC(F)(F)F)c(C)c1. The number of rotatable bonds is 6. The van der Waals surface area contributed by atoms with Gasteiger partial charge in [0.05, 0.1) is 6.04 Å². The largest absolute Gasteiger partial charge is 0.484 e. The minimum absolute atomic E-state index is 0.0375. The smallest absolute Gasteiger partial charge is 0.422 e. The van der Waals surface area contributed by atoms with E-state index in [1.807, 2.05) is 13.8 Å². The van der Waals surface area contributed by atoms with Crippen LogP contribution in [0.3, 0.4) is 0 Å². The van der Waals surface area contributed by atoms with E-state index in [2.05, 4.69) is 5.32 Å². The lowest BCUT2D eigenvalue weighted by molar-refractivity contribution is -0.153. The predicted octanol–water partition coefficient (Wildman–Crippen LogP) is 3.25. The van der Waals surface area contributed by atoms with E-state index in [0.717, 1.165) is 6.42 Å². The molecule has 124 valence electrons. The van der Waals surface area contributed by atoms with Crippen LogP contribution in [0, 0.1) is 12.8 Å². The fourth-order valence-corrected chi connectivity index (χ4v) is 1.79. The summed E-state index contributed by atoms with van der Waals surface area (Å²) < 4.78 is 41.1. The zero-order chi connectivity index (χ0) is 16.9. The number of aryl methyl sites for hydroxylation is 1. The Balaban J connectivity index is 2.71. The highest BCUT2D eigenvalue weighted by atomic mass is 19.4. The minimum atomic E-state index is -4.39. The maximum Gasteiger partial charge on any atom is 0.422 e. The van der Waals surface area contributed by atoms with Crippen molar-refractivity contribution in [3.8, 4) is 5.75 Å². The predicted molar refractivity (Wildman–Crippen MR) is 78.8 cm³/mol. The molecule has 0 saturated carbocycles. The average molecular weight is 318 g/mol. The molecule has 0 aliphatic rings. The highest BCUT2D eigenvalue weighted by Gasteiger charge is 2.28. The van der Waals surface area contributed by atoms with Gasteiger partial charge in [0.15, 0.2) is 6.61 Å². The Morgan fingerprint density at radius 3 is 2.55 bits per heavy atom.